The number of fused-ring (bicyclic) bond motifs is 1. The molecule has 0 aliphatic carbocycles. The standard InChI is InChI=1S/C24H26N2O6S2/c1-17(2)18-5-7-20(8-6-18)33(27,28)24(19-4-3-11-25-15-19)16-26-34(29,30)21-9-10-22-23(14-21)32-13-12-31-22/h3-11,14-15,17,24,26H,12-13,16H2,1-2H3. The normalized spacial score (nSPS) is 14.7. The van der Waals surface area contributed by atoms with Crippen LogP contribution in [0.15, 0.2) is 76.8 Å². The second-order valence-electron chi connectivity index (χ2n) is 8.20. The first-order valence-corrected chi connectivity index (χ1v) is 13.8. The largest absolute Gasteiger partial charge is 0.486 e. The van der Waals surface area contributed by atoms with Crippen molar-refractivity contribution in [3.63, 3.8) is 0 Å². The average molecular weight is 503 g/mol. The SMILES string of the molecule is CC(C)c1ccc(S(=O)(=O)C(CNS(=O)(=O)c2ccc3c(c2)OCCO3)c2cccnc2)cc1. The molecule has 34 heavy (non-hydrogen) atoms. The highest BCUT2D eigenvalue weighted by atomic mass is 32.2. The molecule has 0 fully saturated rings. The van der Waals surface area contributed by atoms with Crippen molar-refractivity contribution in [1.82, 2.24) is 9.71 Å². The molecule has 1 aromatic heterocycles. The van der Waals surface area contributed by atoms with Gasteiger partial charge in [-0.2, -0.15) is 0 Å². The second kappa shape index (κ2) is 9.73. The van der Waals surface area contributed by atoms with Crippen molar-refractivity contribution >= 4 is 19.9 Å². The Morgan fingerprint density at radius 1 is 0.882 bits per heavy atom. The van der Waals surface area contributed by atoms with E-state index in [2.05, 4.69) is 9.71 Å². The lowest BCUT2D eigenvalue weighted by Gasteiger charge is -2.20. The smallest absolute Gasteiger partial charge is 0.240 e. The Morgan fingerprint density at radius 3 is 2.21 bits per heavy atom. The summed E-state index contributed by atoms with van der Waals surface area (Å²) in [6.07, 6.45) is 2.97. The Balaban J connectivity index is 1.63. The van der Waals surface area contributed by atoms with E-state index in [0.29, 0.717) is 30.3 Å². The Hall–Kier alpha value is -2.95. The van der Waals surface area contributed by atoms with Gasteiger partial charge in [0.05, 0.1) is 9.79 Å². The Bertz CT molecular complexity index is 1360. The average Bonchev–Trinajstić information content (AvgIpc) is 2.84. The number of pyridine rings is 1. The number of rotatable bonds is 8. The van der Waals surface area contributed by atoms with Gasteiger partial charge < -0.3 is 9.47 Å². The van der Waals surface area contributed by atoms with Crippen molar-refractivity contribution < 1.29 is 26.3 Å². The van der Waals surface area contributed by atoms with E-state index in [0.717, 1.165) is 5.56 Å². The molecule has 0 saturated carbocycles. The molecule has 8 nitrogen and oxygen atoms in total. The van der Waals surface area contributed by atoms with E-state index >= 15 is 0 Å². The van der Waals surface area contributed by atoms with Crippen molar-refractivity contribution in [1.29, 1.82) is 0 Å². The van der Waals surface area contributed by atoms with Gasteiger partial charge in [-0.25, -0.2) is 21.6 Å². The molecule has 1 atom stereocenters. The maximum atomic E-state index is 13.6. The molecular weight excluding hydrogens is 476 g/mol. The predicted molar refractivity (Wildman–Crippen MR) is 127 cm³/mol. The lowest BCUT2D eigenvalue weighted by Crippen LogP contribution is -2.32. The Labute approximate surface area is 199 Å². The van der Waals surface area contributed by atoms with Crippen molar-refractivity contribution in [3.05, 3.63) is 78.1 Å². The first-order valence-electron chi connectivity index (χ1n) is 10.8. The van der Waals surface area contributed by atoms with Crippen molar-refractivity contribution in [2.45, 2.75) is 34.8 Å². The van der Waals surface area contributed by atoms with Crippen LogP contribution in [0.4, 0.5) is 0 Å². The number of sulfone groups is 1. The maximum absolute atomic E-state index is 13.6. The molecule has 0 amide bonds. The molecule has 0 bridgehead atoms. The van der Waals surface area contributed by atoms with Crippen LogP contribution in [0, 0.1) is 0 Å². The van der Waals surface area contributed by atoms with Crippen LogP contribution in [-0.4, -0.2) is 41.6 Å². The van der Waals surface area contributed by atoms with E-state index in [1.807, 2.05) is 13.8 Å². The van der Waals surface area contributed by atoms with Crippen LogP contribution in [0.3, 0.4) is 0 Å². The van der Waals surface area contributed by atoms with Crippen LogP contribution in [0.25, 0.3) is 0 Å². The first kappa shape index (κ1) is 24.2. The summed E-state index contributed by atoms with van der Waals surface area (Å²) in [5.41, 5.74) is 1.40. The van der Waals surface area contributed by atoms with E-state index in [-0.39, 0.29) is 22.3 Å². The van der Waals surface area contributed by atoms with E-state index in [4.69, 9.17) is 9.47 Å². The number of sulfonamides is 1. The number of benzene rings is 2. The molecule has 1 N–H and O–H groups in total. The van der Waals surface area contributed by atoms with E-state index < -0.39 is 25.1 Å². The third-order valence-corrected chi connectivity index (χ3v) is 9.13. The zero-order valence-electron chi connectivity index (χ0n) is 18.8. The fourth-order valence-corrected chi connectivity index (χ4v) is 6.45. The van der Waals surface area contributed by atoms with E-state index in [1.54, 1.807) is 36.4 Å². The maximum Gasteiger partial charge on any atom is 0.240 e. The van der Waals surface area contributed by atoms with Crippen LogP contribution in [0.1, 0.15) is 36.1 Å². The molecule has 0 radical (unpaired) electrons. The number of hydrogen-bond acceptors (Lipinski definition) is 7. The van der Waals surface area contributed by atoms with Gasteiger partial charge in [-0.3, -0.25) is 4.98 Å². The van der Waals surface area contributed by atoms with E-state index in [1.165, 1.54) is 30.6 Å². The van der Waals surface area contributed by atoms with Gasteiger partial charge in [-0.15, -0.1) is 0 Å². The summed E-state index contributed by atoms with van der Waals surface area (Å²) in [7, 11) is -7.95. The zero-order valence-corrected chi connectivity index (χ0v) is 20.5. The van der Waals surface area contributed by atoms with E-state index in [9.17, 15) is 16.8 Å². The van der Waals surface area contributed by atoms with Crippen LogP contribution >= 0.6 is 0 Å². The second-order valence-corrected chi connectivity index (χ2v) is 12.1. The minimum atomic E-state index is -4.03. The van der Waals surface area contributed by atoms with Gasteiger partial charge in [0.15, 0.2) is 21.3 Å². The Kier molecular flexibility index (Phi) is 6.92. The number of hydrogen-bond donors (Lipinski definition) is 1. The van der Waals surface area contributed by atoms with Crippen LogP contribution in [-0.2, 0) is 19.9 Å². The molecule has 1 aliphatic rings. The minimum Gasteiger partial charge on any atom is -0.486 e. The number of aromatic nitrogens is 1. The number of ether oxygens (including phenoxy) is 2. The van der Waals surface area contributed by atoms with Crippen molar-refractivity contribution in [2.24, 2.45) is 0 Å². The van der Waals surface area contributed by atoms with Crippen molar-refractivity contribution in [3.8, 4) is 11.5 Å². The molecule has 0 spiro atoms. The molecule has 180 valence electrons. The summed E-state index contributed by atoms with van der Waals surface area (Å²) in [6.45, 7) is 4.39. The lowest BCUT2D eigenvalue weighted by molar-refractivity contribution is 0.171. The summed E-state index contributed by atoms with van der Waals surface area (Å²) < 4.78 is 66.5. The third kappa shape index (κ3) is 5.08. The summed E-state index contributed by atoms with van der Waals surface area (Å²) in [4.78, 5) is 4.10. The van der Waals surface area contributed by atoms with Crippen LogP contribution < -0.4 is 14.2 Å². The van der Waals surface area contributed by atoms with Gasteiger partial charge in [0.25, 0.3) is 0 Å². The van der Waals surface area contributed by atoms with Crippen LogP contribution in [0.5, 0.6) is 11.5 Å². The molecule has 1 aliphatic heterocycles. The summed E-state index contributed by atoms with van der Waals surface area (Å²) >= 11 is 0. The minimum absolute atomic E-state index is 0.0413. The fourth-order valence-electron chi connectivity index (χ4n) is 3.64. The fraction of sp³-hybridized carbons (Fsp3) is 0.292. The molecular formula is C24H26N2O6S2. The van der Waals surface area contributed by atoms with Gasteiger partial charge in [0.2, 0.25) is 10.0 Å². The molecule has 10 heteroatoms. The predicted octanol–water partition coefficient (Wildman–Crippen LogP) is 3.47. The highest BCUT2D eigenvalue weighted by Gasteiger charge is 2.31. The zero-order chi connectivity index (χ0) is 24.3. The van der Waals surface area contributed by atoms with Crippen molar-refractivity contribution in [2.75, 3.05) is 19.8 Å². The highest BCUT2D eigenvalue weighted by molar-refractivity contribution is 7.92. The summed E-state index contributed by atoms with van der Waals surface area (Å²) in [5.74, 6) is 1.05. The molecule has 2 heterocycles. The first-order chi connectivity index (χ1) is 16.2. The monoisotopic (exact) mass is 502 g/mol. The molecule has 3 aromatic rings. The molecule has 2 aromatic carbocycles. The summed E-state index contributed by atoms with van der Waals surface area (Å²) in [6, 6.07) is 14.2. The van der Waals surface area contributed by atoms with Gasteiger partial charge >= 0.3 is 0 Å². The summed E-state index contributed by atoms with van der Waals surface area (Å²) in [5, 5.41) is -1.17. The molecule has 0 saturated heterocycles. The van der Waals surface area contributed by atoms with Gasteiger partial charge in [0.1, 0.15) is 18.5 Å². The quantitative estimate of drug-likeness (QED) is 0.502. The number of nitrogens with one attached hydrogen (secondary N) is 1. The highest BCUT2D eigenvalue weighted by Crippen LogP contribution is 2.33. The Morgan fingerprint density at radius 2 is 1.56 bits per heavy atom. The van der Waals surface area contributed by atoms with Gasteiger partial charge in [-0.05, 0) is 47.4 Å². The molecule has 4 rings (SSSR count). The number of nitrogens with zero attached hydrogens (tertiary/aromatic N) is 1. The van der Waals surface area contributed by atoms with Gasteiger partial charge in [-0.1, -0.05) is 32.0 Å². The van der Waals surface area contributed by atoms with Gasteiger partial charge in [0, 0.05) is 25.0 Å². The topological polar surface area (TPSA) is 112 Å². The lowest BCUT2D eigenvalue weighted by atomic mass is 10.0. The molecule has 1 unspecified atom stereocenters. The van der Waals surface area contributed by atoms with Crippen LogP contribution in [0.2, 0.25) is 0 Å². The third-order valence-electron chi connectivity index (χ3n) is 5.59.